The molecular weight excluding hydrogens is 509 g/mol. The maximum Gasteiger partial charge on any atom is 0.307 e. The number of carboxylic acid groups (broad SMARTS) is 1. The number of nitriles is 1. The Labute approximate surface area is 219 Å². The summed E-state index contributed by atoms with van der Waals surface area (Å²) in [5.74, 6) is -1.09. The van der Waals surface area contributed by atoms with E-state index >= 15 is 0 Å². The highest BCUT2D eigenvalue weighted by Gasteiger charge is 2.45. The van der Waals surface area contributed by atoms with Crippen LogP contribution in [0.2, 0.25) is 0 Å². The molecule has 5 aromatic rings. The second-order valence-electron chi connectivity index (χ2n) is 8.86. The van der Waals surface area contributed by atoms with E-state index < -0.39 is 17.3 Å². The Hall–Kier alpha value is -3.35. The molecule has 0 aliphatic heterocycles. The smallest absolute Gasteiger partial charge is 0.307 e. The predicted molar refractivity (Wildman–Crippen MR) is 145 cm³/mol. The van der Waals surface area contributed by atoms with Crippen molar-refractivity contribution in [3.8, 4) is 27.8 Å². The molecule has 1 N–H and O–H groups in total. The van der Waals surface area contributed by atoms with Crippen LogP contribution in [0.25, 0.3) is 32.6 Å². The highest BCUT2D eigenvalue weighted by Crippen LogP contribution is 2.53. The van der Waals surface area contributed by atoms with Gasteiger partial charge >= 0.3 is 5.97 Å². The van der Waals surface area contributed by atoms with Crippen LogP contribution in [0.4, 0.5) is 0 Å². The number of benzene rings is 2. The Kier molecular flexibility index (Phi) is 5.73. The number of thiophene rings is 2. The number of carboxylic acids is 1. The zero-order valence-electron chi connectivity index (χ0n) is 19.2. The second kappa shape index (κ2) is 8.95. The van der Waals surface area contributed by atoms with Crippen LogP contribution in [-0.2, 0) is 16.2 Å². The van der Waals surface area contributed by atoms with Crippen molar-refractivity contribution in [3.63, 3.8) is 0 Å². The number of fused-ring (bicyclic) bond motifs is 1. The molecule has 0 saturated heterocycles. The van der Waals surface area contributed by atoms with Gasteiger partial charge in [0.15, 0.2) is 4.90 Å². The maximum atomic E-state index is 14.1. The van der Waals surface area contributed by atoms with Crippen molar-refractivity contribution < 1.29 is 14.5 Å². The first-order valence-electron chi connectivity index (χ1n) is 11.4. The lowest BCUT2D eigenvalue weighted by atomic mass is 10.0. The molecule has 3 aromatic heterocycles. The molecule has 1 aliphatic rings. The van der Waals surface area contributed by atoms with Gasteiger partial charge in [0.25, 0.3) is 0 Å². The van der Waals surface area contributed by atoms with Gasteiger partial charge in [-0.25, -0.2) is 0 Å². The molecule has 3 heterocycles. The fourth-order valence-corrected chi connectivity index (χ4v) is 7.94. The minimum absolute atomic E-state index is 0.0148. The normalized spacial score (nSPS) is 17.7. The summed E-state index contributed by atoms with van der Waals surface area (Å²) in [4.78, 5) is 14.7. The Balaban J connectivity index is 1.62. The Morgan fingerprint density at radius 1 is 1.14 bits per heavy atom. The highest BCUT2D eigenvalue weighted by molar-refractivity contribution is 7.90. The van der Waals surface area contributed by atoms with E-state index in [9.17, 15) is 19.7 Å². The molecule has 0 amide bonds. The summed E-state index contributed by atoms with van der Waals surface area (Å²) in [5.41, 5.74) is 4.39. The molecule has 1 fully saturated rings. The number of rotatable bonds is 6. The molecule has 0 spiro atoms. The van der Waals surface area contributed by atoms with Crippen LogP contribution in [0.3, 0.4) is 0 Å². The summed E-state index contributed by atoms with van der Waals surface area (Å²) in [7, 11) is 0. The minimum Gasteiger partial charge on any atom is -0.587 e. The molecule has 6 rings (SSSR count). The first kappa shape index (κ1) is 23.1. The zero-order valence-corrected chi connectivity index (χ0v) is 21.6. The monoisotopic (exact) mass is 528 g/mol. The third-order valence-corrected chi connectivity index (χ3v) is 10.0. The van der Waals surface area contributed by atoms with Crippen molar-refractivity contribution in [2.45, 2.75) is 24.2 Å². The molecule has 36 heavy (non-hydrogen) atoms. The fourth-order valence-electron chi connectivity index (χ4n) is 4.69. The van der Waals surface area contributed by atoms with Gasteiger partial charge in [0.05, 0.1) is 16.3 Å². The Morgan fingerprint density at radius 2 is 1.92 bits per heavy atom. The number of aryl methyl sites for hydroxylation is 1. The Morgan fingerprint density at radius 3 is 2.64 bits per heavy atom. The third kappa shape index (κ3) is 3.76. The largest absolute Gasteiger partial charge is 0.587 e. The third-order valence-electron chi connectivity index (χ3n) is 6.59. The quantitative estimate of drug-likeness (QED) is 0.239. The number of aliphatic carboxylic acids is 1. The molecule has 2 aromatic carbocycles. The van der Waals surface area contributed by atoms with Gasteiger partial charge in [0.1, 0.15) is 28.0 Å². The van der Waals surface area contributed by atoms with Gasteiger partial charge in [-0.15, -0.1) is 22.7 Å². The van der Waals surface area contributed by atoms with E-state index in [4.69, 9.17) is 0 Å². The molecule has 8 heteroatoms. The van der Waals surface area contributed by atoms with E-state index in [-0.39, 0.29) is 11.8 Å². The van der Waals surface area contributed by atoms with Gasteiger partial charge < -0.3 is 9.66 Å². The number of para-hydroxylation sites is 1. The summed E-state index contributed by atoms with van der Waals surface area (Å²) in [5, 5.41) is 22.1. The average molecular weight is 529 g/mol. The number of aromatic nitrogens is 1. The van der Waals surface area contributed by atoms with E-state index in [1.807, 2.05) is 83.0 Å². The van der Waals surface area contributed by atoms with Crippen molar-refractivity contribution in [1.82, 2.24) is 3.97 Å². The SMILES string of the molecule is Cc1ccc([S+]([O-])n2c(-c3ccc(C4CC4C(=O)O)s3)c(-c3ccsc3C#N)c3ccccc32)cc1. The second-order valence-corrected chi connectivity index (χ2v) is 12.2. The van der Waals surface area contributed by atoms with Crippen LogP contribution in [0, 0.1) is 24.2 Å². The van der Waals surface area contributed by atoms with Crippen LogP contribution >= 0.6 is 22.7 Å². The van der Waals surface area contributed by atoms with E-state index in [2.05, 4.69) is 6.07 Å². The molecule has 178 valence electrons. The van der Waals surface area contributed by atoms with Gasteiger partial charge in [-0.3, -0.25) is 4.79 Å². The van der Waals surface area contributed by atoms with E-state index in [1.54, 1.807) is 11.3 Å². The lowest BCUT2D eigenvalue weighted by Gasteiger charge is -2.15. The van der Waals surface area contributed by atoms with E-state index in [1.165, 1.54) is 11.3 Å². The average Bonchev–Trinajstić information content (AvgIpc) is 3.20. The lowest BCUT2D eigenvalue weighted by molar-refractivity contribution is -0.138. The van der Waals surface area contributed by atoms with Gasteiger partial charge in [0.2, 0.25) is 0 Å². The van der Waals surface area contributed by atoms with Gasteiger partial charge in [0, 0.05) is 27.3 Å². The molecule has 3 unspecified atom stereocenters. The molecule has 0 radical (unpaired) electrons. The van der Waals surface area contributed by atoms with E-state index in [0.29, 0.717) is 16.2 Å². The Bertz CT molecular complexity index is 1660. The van der Waals surface area contributed by atoms with Crippen LogP contribution < -0.4 is 0 Å². The molecular formula is C28H20N2O3S3. The van der Waals surface area contributed by atoms with Gasteiger partial charge in [-0.2, -0.15) is 9.23 Å². The number of hydrogen-bond acceptors (Lipinski definition) is 5. The number of hydrogen-bond donors (Lipinski definition) is 1. The highest BCUT2D eigenvalue weighted by atomic mass is 32.2. The summed E-state index contributed by atoms with van der Waals surface area (Å²) >= 11 is 1.40. The molecule has 1 saturated carbocycles. The summed E-state index contributed by atoms with van der Waals surface area (Å²) < 4.78 is 16.0. The lowest BCUT2D eigenvalue weighted by Crippen LogP contribution is -2.14. The van der Waals surface area contributed by atoms with Crippen molar-refractivity contribution in [1.29, 1.82) is 5.26 Å². The summed E-state index contributed by atoms with van der Waals surface area (Å²) in [6.07, 6.45) is 0.642. The first-order chi connectivity index (χ1) is 17.5. The first-order valence-corrected chi connectivity index (χ1v) is 14.2. The minimum atomic E-state index is -1.54. The van der Waals surface area contributed by atoms with E-state index in [0.717, 1.165) is 43.0 Å². The molecule has 1 aliphatic carbocycles. The topological polar surface area (TPSA) is 89.1 Å². The number of nitrogens with zero attached hydrogens (tertiary/aromatic N) is 2. The van der Waals surface area contributed by atoms with Crippen LogP contribution in [-0.4, -0.2) is 19.6 Å². The standard InChI is InChI=1S/C28H20N2O3S3/c1-16-6-8-17(9-7-16)36(33)30-22-5-3-2-4-18(22)26(19-12-13-34-25(19)15-29)27(30)24-11-10-23(35-24)20-14-21(20)28(31)32/h2-13,20-21H,14H2,1H3,(H,31,32). The maximum absolute atomic E-state index is 14.1. The summed E-state index contributed by atoms with van der Waals surface area (Å²) in [6, 6.07) is 23.8. The molecule has 0 bridgehead atoms. The van der Waals surface area contributed by atoms with Crippen molar-refractivity contribution in [3.05, 3.63) is 87.4 Å². The van der Waals surface area contributed by atoms with Crippen LogP contribution in [0.15, 0.2) is 77.0 Å². The number of carbonyl (C=O) groups is 1. The zero-order chi connectivity index (χ0) is 25.0. The molecule has 5 nitrogen and oxygen atoms in total. The van der Waals surface area contributed by atoms with Gasteiger partial charge in [-0.1, -0.05) is 35.9 Å². The van der Waals surface area contributed by atoms with Crippen LogP contribution in [0.5, 0.6) is 0 Å². The van der Waals surface area contributed by atoms with Crippen molar-refractivity contribution in [2.24, 2.45) is 5.92 Å². The fraction of sp³-hybridized carbons (Fsp3) is 0.143. The van der Waals surface area contributed by atoms with Crippen molar-refractivity contribution >= 4 is 50.9 Å². The summed E-state index contributed by atoms with van der Waals surface area (Å²) in [6.45, 7) is 2.00. The van der Waals surface area contributed by atoms with Crippen LogP contribution in [0.1, 0.15) is 27.7 Å². The van der Waals surface area contributed by atoms with Crippen molar-refractivity contribution in [2.75, 3.05) is 0 Å². The predicted octanol–water partition coefficient (Wildman–Crippen LogP) is 7.04. The van der Waals surface area contributed by atoms with Gasteiger partial charge in [-0.05, 0) is 55.1 Å². The molecule has 3 atom stereocenters.